The van der Waals surface area contributed by atoms with Gasteiger partial charge in [-0.25, -0.2) is 0 Å². The van der Waals surface area contributed by atoms with Gasteiger partial charge in [-0.05, 0) is 35.4 Å². The highest BCUT2D eigenvalue weighted by molar-refractivity contribution is 5.32. The van der Waals surface area contributed by atoms with E-state index in [-0.39, 0.29) is 12.6 Å². The van der Waals surface area contributed by atoms with Gasteiger partial charge in [0.1, 0.15) is 11.5 Å². The molecule has 5 rings (SSSR count). The Balaban J connectivity index is 1.16. The van der Waals surface area contributed by atoms with E-state index in [2.05, 4.69) is 80.6 Å². The van der Waals surface area contributed by atoms with Crippen LogP contribution in [-0.4, -0.2) is 53.2 Å². The van der Waals surface area contributed by atoms with E-state index in [1.165, 1.54) is 11.1 Å². The van der Waals surface area contributed by atoms with Crippen molar-refractivity contribution in [3.8, 4) is 11.5 Å². The van der Waals surface area contributed by atoms with Gasteiger partial charge in [0.05, 0.1) is 19.7 Å². The minimum Gasteiger partial charge on any atom is -0.497 e. The zero-order valence-corrected chi connectivity index (χ0v) is 19.9. The Kier molecular flexibility index (Phi) is 7.36. The van der Waals surface area contributed by atoms with Crippen LogP contribution in [0.4, 0.5) is 0 Å². The standard InChI is InChI=1S/C28H30N4O3/c1-33-24-12-14-25(15-13-24)34-21-26-29-27(35-30-26)20-31-16-18-32(19-17-31)28(22-8-4-2-5-9-22)23-10-6-3-7-11-23/h2-15,28H,16-21H2,1H3. The van der Waals surface area contributed by atoms with Crippen molar-refractivity contribution in [2.24, 2.45) is 0 Å². The van der Waals surface area contributed by atoms with Gasteiger partial charge in [0.15, 0.2) is 6.61 Å². The highest BCUT2D eigenvalue weighted by Crippen LogP contribution is 2.29. The molecule has 180 valence electrons. The molecule has 7 nitrogen and oxygen atoms in total. The van der Waals surface area contributed by atoms with Crippen LogP contribution >= 0.6 is 0 Å². The normalized spacial score (nSPS) is 14.8. The smallest absolute Gasteiger partial charge is 0.240 e. The van der Waals surface area contributed by atoms with Crippen LogP contribution < -0.4 is 9.47 Å². The number of aromatic nitrogens is 2. The minimum atomic E-state index is 0.254. The van der Waals surface area contributed by atoms with Gasteiger partial charge in [-0.1, -0.05) is 65.8 Å². The SMILES string of the molecule is COc1ccc(OCc2noc(CN3CCN(C(c4ccccc4)c4ccccc4)CC3)n2)cc1. The summed E-state index contributed by atoms with van der Waals surface area (Å²) < 4.78 is 16.4. The number of benzene rings is 3. The average molecular weight is 471 g/mol. The van der Waals surface area contributed by atoms with Crippen molar-refractivity contribution in [3.63, 3.8) is 0 Å². The summed E-state index contributed by atoms with van der Waals surface area (Å²) in [6.07, 6.45) is 0. The third-order valence-corrected chi connectivity index (χ3v) is 6.30. The van der Waals surface area contributed by atoms with Crippen molar-refractivity contribution in [1.82, 2.24) is 19.9 Å². The van der Waals surface area contributed by atoms with Crippen LogP contribution in [0.25, 0.3) is 0 Å². The van der Waals surface area contributed by atoms with Crippen LogP contribution in [0.2, 0.25) is 0 Å². The topological polar surface area (TPSA) is 63.9 Å². The van der Waals surface area contributed by atoms with E-state index < -0.39 is 0 Å². The van der Waals surface area contributed by atoms with Crippen molar-refractivity contribution in [1.29, 1.82) is 0 Å². The van der Waals surface area contributed by atoms with E-state index in [0.29, 0.717) is 18.3 Å². The Labute approximate surface area is 205 Å². The van der Waals surface area contributed by atoms with Crippen molar-refractivity contribution in [2.45, 2.75) is 19.2 Å². The molecule has 2 heterocycles. The van der Waals surface area contributed by atoms with Crippen LogP contribution in [0.1, 0.15) is 28.9 Å². The number of nitrogens with zero attached hydrogens (tertiary/aromatic N) is 4. The molecule has 1 fully saturated rings. The van der Waals surface area contributed by atoms with Gasteiger partial charge >= 0.3 is 0 Å². The van der Waals surface area contributed by atoms with Crippen molar-refractivity contribution >= 4 is 0 Å². The number of piperazine rings is 1. The van der Waals surface area contributed by atoms with Crippen molar-refractivity contribution in [3.05, 3.63) is 108 Å². The molecule has 7 heteroatoms. The molecule has 1 saturated heterocycles. The minimum absolute atomic E-state index is 0.254. The number of methoxy groups -OCH3 is 1. The van der Waals surface area contributed by atoms with E-state index >= 15 is 0 Å². The molecule has 0 atom stereocenters. The second-order valence-corrected chi connectivity index (χ2v) is 8.60. The van der Waals surface area contributed by atoms with E-state index in [1.54, 1.807) is 7.11 Å². The second-order valence-electron chi connectivity index (χ2n) is 8.60. The van der Waals surface area contributed by atoms with Crippen LogP contribution in [0, 0.1) is 0 Å². The predicted molar refractivity (Wildman–Crippen MR) is 133 cm³/mol. The summed E-state index contributed by atoms with van der Waals surface area (Å²) in [6.45, 7) is 4.72. The molecule has 0 N–H and O–H groups in total. The molecule has 0 amide bonds. The average Bonchev–Trinajstić information content (AvgIpc) is 3.37. The van der Waals surface area contributed by atoms with Gasteiger partial charge in [-0.15, -0.1) is 0 Å². The first-order valence-corrected chi connectivity index (χ1v) is 11.9. The molecule has 0 saturated carbocycles. The highest BCUT2D eigenvalue weighted by Gasteiger charge is 2.27. The molecular formula is C28H30N4O3. The second kappa shape index (κ2) is 11.2. The van der Waals surface area contributed by atoms with Gasteiger partial charge in [-0.3, -0.25) is 9.80 Å². The lowest BCUT2D eigenvalue weighted by atomic mass is 9.96. The summed E-state index contributed by atoms with van der Waals surface area (Å²) in [6, 6.07) is 29.2. The maximum atomic E-state index is 5.76. The largest absolute Gasteiger partial charge is 0.497 e. The summed E-state index contributed by atoms with van der Waals surface area (Å²) >= 11 is 0. The maximum absolute atomic E-state index is 5.76. The van der Waals surface area contributed by atoms with E-state index in [9.17, 15) is 0 Å². The first-order valence-electron chi connectivity index (χ1n) is 11.9. The first kappa shape index (κ1) is 23.1. The van der Waals surface area contributed by atoms with Gasteiger partial charge in [0.2, 0.25) is 11.7 Å². The molecule has 0 bridgehead atoms. The summed E-state index contributed by atoms with van der Waals surface area (Å²) in [4.78, 5) is 9.44. The third kappa shape index (κ3) is 5.88. The van der Waals surface area contributed by atoms with Crippen molar-refractivity contribution in [2.75, 3.05) is 33.3 Å². The lowest BCUT2D eigenvalue weighted by molar-refractivity contribution is 0.0966. The van der Waals surface area contributed by atoms with E-state index in [1.807, 2.05) is 24.3 Å². The summed E-state index contributed by atoms with van der Waals surface area (Å²) in [5.41, 5.74) is 2.65. The Morgan fingerprint density at radius 2 is 1.40 bits per heavy atom. The summed E-state index contributed by atoms with van der Waals surface area (Å²) in [5, 5.41) is 4.08. The number of ether oxygens (including phenoxy) is 2. The lowest BCUT2D eigenvalue weighted by Gasteiger charge is -2.39. The molecule has 1 aliphatic rings. The quantitative estimate of drug-likeness (QED) is 0.355. The zero-order valence-electron chi connectivity index (χ0n) is 19.9. The number of rotatable bonds is 9. The molecule has 35 heavy (non-hydrogen) atoms. The van der Waals surface area contributed by atoms with Gasteiger partial charge in [-0.2, -0.15) is 4.98 Å². The molecule has 3 aromatic carbocycles. The molecule has 1 aromatic heterocycles. The van der Waals surface area contributed by atoms with Crippen molar-refractivity contribution < 1.29 is 14.0 Å². The summed E-state index contributed by atoms with van der Waals surface area (Å²) in [5.74, 6) is 2.69. The summed E-state index contributed by atoms with van der Waals surface area (Å²) in [7, 11) is 1.64. The van der Waals surface area contributed by atoms with Crippen LogP contribution in [-0.2, 0) is 13.2 Å². The van der Waals surface area contributed by atoms with E-state index in [4.69, 9.17) is 14.0 Å². The monoisotopic (exact) mass is 470 g/mol. The highest BCUT2D eigenvalue weighted by atomic mass is 16.5. The molecule has 1 aliphatic heterocycles. The molecular weight excluding hydrogens is 440 g/mol. The number of hydrogen-bond donors (Lipinski definition) is 0. The Hall–Kier alpha value is -3.68. The van der Waals surface area contributed by atoms with Crippen LogP contribution in [0.5, 0.6) is 11.5 Å². The Morgan fingerprint density at radius 1 is 0.800 bits per heavy atom. The van der Waals surface area contributed by atoms with Gasteiger partial charge in [0, 0.05) is 26.2 Å². The lowest BCUT2D eigenvalue weighted by Crippen LogP contribution is -2.47. The molecule has 4 aromatic rings. The Bertz CT molecular complexity index is 1130. The van der Waals surface area contributed by atoms with Gasteiger partial charge < -0.3 is 14.0 Å². The molecule has 0 aliphatic carbocycles. The van der Waals surface area contributed by atoms with E-state index in [0.717, 1.165) is 37.7 Å². The Morgan fingerprint density at radius 3 is 2.00 bits per heavy atom. The molecule has 0 unspecified atom stereocenters. The zero-order chi connectivity index (χ0) is 23.9. The predicted octanol–water partition coefficient (Wildman–Crippen LogP) is 4.56. The van der Waals surface area contributed by atoms with Crippen LogP contribution in [0.15, 0.2) is 89.5 Å². The fourth-order valence-electron chi connectivity index (χ4n) is 4.49. The number of hydrogen-bond acceptors (Lipinski definition) is 7. The van der Waals surface area contributed by atoms with Crippen LogP contribution in [0.3, 0.4) is 0 Å². The third-order valence-electron chi connectivity index (χ3n) is 6.30. The fourth-order valence-corrected chi connectivity index (χ4v) is 4.49. The fraction of sp³-hybridized carbons (Fsp3) is 0.286. The maximum Gasteiger partial charge on any atom is 0.240 e. The molecule has 0 spiro atoms. The van der Waals surface area contributed by atoms with Gasteiger partial charge in [0.25, 0.3) is 0 Å². The first-order chi connectivity index (χ1) is 17.3. The molecule has 0 radical (unpaired) electrons.